The van der Waals surface area contributed by atoms with E-state index in [1.165, 1.54) is 6.08 Å². The SMILES string of the molecule is C=CC(=O)Nc1cccc(CC(=O)NCC2COc3ccccc3O2)c1. The standard InChI is InChI=1S/C20H20N2O4/c1-2-19(23)22-15-7-5-6-14(10-15)11-20(24)21-12-16-13-25-17-8-3-4-9-18(17)26-16/h2-10,16H,1,11-13H2,(H,21,24)(H,22,23). The normalized spacial score (nSPS) is 15.0. The number of hydrogen-bond donors (Lipinski definition) is 2. The van der Waals surface area contributed by atoms with E-state index in [-0.39, 0.29) is 24.3 Å². The Morgan fingerprint density at radius 3 is 2.77 bits per heavy atom. The largest absolute Gasteiger partial charge is 0.486 e. The lowest BCUT2D eigenvalue weighted by Crippen LogP contribution is -2.41. The van der Waals surface area contributed by atoms with Gasteiger partial charge in [-0.05, 0) is 35.9 Å². The van der Waals surface area contributed by atoms with Gasteiger partial charge in [-0.2, -0.15) is 0 Å². The molecule has 0 spiro atoms. The summed E-state index contributed by atoms with van der Waals surface area (Å²) in [4.78, 5) is 23.5. The van der Waals surface area contributed by atoms with Crippen molar-refractivity contribution in [2.45, 2.75) is 12.5 Å². The summed E-state index contributed by atoms with van der Waals surface area (Å²) in [6.45, 7) is 4.16. The summed E-state index contributed by atoms with van der Waals surface area (Å²) < 4.78 is 11.4. The highest BCUT2D eigenvalue weighted by Gasteiger charge is 2.21. The number of nitrogens with one attached hydrogen (secondary N) is 2. The van der Waals surface area contributed by atoms with E-state index in [9.17, 15) is 9.59 Å². The molecule has 1 aliphatic heterocycles. The number of rotatable bonds is 6. The molecule has 1 atom stereocenters. The highest BCUT2D eigenvalue weighted by atomic mass is 16.6. The first-order valence-electron chi connectivity index (χ1n) is 8.31. The van der Waals surface area contributed by atoms with Crippen molar-refractivity contribution in [3.05, 3.63) is 66.7 Å². The molecule has 6 nitrogen and oxygen atoms in total. The minimum absolute atomic E-state index is 0.125. The van der Waals surface area contributed by atoms with Crippen molar-refractivity contribution in [3.63, 3.8) is 0 Å². The summed E-state index contributed by atoms with van der Waals surface area (Å²) in [7, 11) is 0. The molecular formula is C20H20N2O4. The van der Waals surface area contributed by atoms with Crippen LogP contribution < -0.4 is 20.1 Å². The first kappa shape index (κ1) is 17.5. The van der Waals surface area contributed by atoms with Crippen LogP contribution in [0, 0.1) is 0 Å². The van der Waals surface area contributed by atoms with Gasteiger partial charge in [0, 0.05) is 5.69 Å². The summed E-state index contributed by atoms with van der Waals surface area (Å²) in [6.07, 6.45) is 1.18. The molecular weight excluding hydrogens is 332 g/mol. The maximum Gasteiger partial charge on any atom is 0.247 e. The van der Waals surface area contributed by atoms with Gasteiger partial charge in [0.25, 0.3) is 0 Å². The van der Waals surface area contributed by atoms with Crippen LogP contribution in [-0.4, -0.2) is 31.1 Å². The van der Waals surface area contributed by atoms with E-state index in [0.717, 1.165) is 5.56 Å². The van der Waals surface area contributed by atoms with E-state index in [1.807, 2.05) is 30.3 Å². The first-order chi connectivity index (χ1) is 12.6. The molecule has 134 valence electrons. The topological polar surface area (TPSA) is 76.7 Å². The Labute approximate surface area is 151 Å². The second-order valence-corrected chi connectivity index (χ2v) is 5.87. The molecule has 6 heteroatoms. The Kier molecular flexibility index (Phi) is 5.53. The molecule has 0 bridgehead atoms. The second kappa shape index (κ2) is 8.20. The minimum Gasteiger partial charge on any atom is -0.486 e. The van der Waals surface area contributed by atoms with Gasteiger partial charge in [-0.15, -0.1) is 0 Å². The Morgan fingerprint density at radius 1 is 1.15 bits per heavy atom. The molecule has 2 aromatic rings. The van der Waals surface area contributed by atoms with E-state index in [0.29, 0.717) is 30.3 Å². The van der Waals surface area contributed by atoms with Gasteiger partial charge in [0.1, 0.15) is 12.7 Å². The lowest BCUT2D eigenvalue weighted by molar-refractivity contribution is -0.121. The summed E-state index contributed by atoms with van der Waals surface area (Å²) in [5.74, 6) is 0.984. The maximum absolute atomic E-state index is 12.2. The number of anilines is 1. The van der Waals surface area contributed by atoms with Gasteiger partial charge in [-0.1, -0.05) is 30.8 Å². The number of ether oxygens (including phenoxy) is 2. The zero-order valence-electron chi connectivity index (χ0n) is 14.2. The molecule has 3 rings (SSSR count). The zero-order valence-corrected chi connectivity index (χ0v) is 14.2. The molecule has 2 aromatic carbocycles. The summed E-state index contributed by atoms with van der Waals surface area (Å²) in [6, 6.07) is 14.6. The number of para-hydroxylation sites is 2. The van der Waals surface area contributed by atoms with Gasteiger partial charge >= 0.3 is 0 Å². The molecule has 1 heterocycles. The van der Waals surface area contributed by atoms with E-state index < -0.39 is 0 Å². The summed E-state index contributed by atoms with van der Waals surface area (Å²) >= 11 is 0. The molecule has 1 aliphatic rings. The van der Waals surface area contributed by atoms with Crippen LogP contribution in [0.25, 0.3) is 0 Å². The molecule has 1 unspecified atom stereocenters. The van der Waals surface area contributed by atoms with Crippen LogP contribution in [0.2, 0.25) is 0 Å². The molecule has 0 fully saturated rings. The lowest BCUT2D eigenvalue weighted by atomic mass is 10.1. The number of benzene rings is 2. The average Bonchev–Trinajstić information content (AvgIpc) is 2.66. The van der Waals surface area contributed by atoms with Crippen molar-refractivity contribution in [2.75, 3.05) is 18.5 Å². The van der Waals surface area contributed by atoms with Crippen molar-refractivity contribution in [3.8, 4) is 11.5 Å². The van der Waals surface area contributed by atoms with Gasteiger partial charge in [0.15, 0.2) is 11.5 Å². The Morgan fingerprint density at radius 2 is 1.96 bits per heavy atom. The molecule has 0 aliphatic carbocycles. The first-order valence-corrected chi connectivity index (χ1v) is 8.31. The quantitative estimate of drug-likeness (QED) is 0.782. The number of hydrogen-bond acceptors (Lipinski definition) is 4. The predicted octanol–water partition coefficient (Wildman–Crippen LogP) is 2.31. The molecule has 0 saturated heterocycles. The number of fused-ring (bicyclic) bond motifs is 1. The number of carbonyl (C=O) groups excluding carboxylic acids is 2. The third kappa shape index (κ3) is 4.63. The van der Waals surface area contributed by atoms with Crippen LogP contribution >= 0.6 is 0 Å². The smallest absolute Gasteiger partial charge is 0.247 e. The van der Waals surface area contributed by atoms with Gasteiger partial charge in [0.2, 0.25) is 11.8 Å². The van der Waals surface area contributed by atoms with Crippen LogP contribution in [0.3, 0.4) is 0 Å². The molecule has 0 radical (unpaired) electrons. The third-order valence-electron chi connectivity index (χ3n) is 3.84. The average molecular weight is 352 g/mol. The van der Waals surface area contributed by atoms with Gasteiger partial charge in [-0.25, -0.2) is 0 Å². The van der Waals surface area contributed by atoms with Crippen LogP contribution in [0.5, 0.6) is 11.5 Å². The van der Waals surface area contributed by atoms with Crippen molar-refractivity contribution in [2.24, 2.45) is 0 Å². The van der Waals surface area contributed by atoms with Crippen LogP contribution in [0.1, 0.15) is 5.56 Å². The van der Waals surface area contributed by atoms with E-state index in [4.69, 9.17) is 9.47 Å². The van der Waals surface area contributed by atoms with Crippen molar-refractivity contribution in [1.82, 2.24) is 5.32 Å². The highest BCUT2D eigenvalue weighted by Crippen LogP contribution is 2.30. The fourth-order valence-corrected chi connectivity index (χ4v) is 2.59. The van der Waals surface area contributed by atoms with Crippen LogP contribution in [0.15, 0.2) is 61.2 Å². The predicted molar refractivity (Wildman–Crippen MR) is 98.3 cm³/mol. The van der Waals surface area contributed by atoms with Crippen LogP contribution in [-0.2, 0) is 16.0 Å². The fraction of sp³-hybridized carbons (Fsp3) is 0.200. The van der Waals surface area contributed by atoms with E-state index in [1.54, 1.807) is 18.2 Å². The monoisotopic (exact) mass is 352 g/mol. The molecule has 2 N–H and O–H groups in total. The minimum atomic E-state index is -0.290. The van der Waals surface area contributed by atoms with Gasteiger partial charge < -0.3 is 20.1 Å². The van der Waals surface area contributed by atoms with Crippen molar-refractivity contribution >= 4 is 17.5 Å². The Balaban J connectivity index is 1.50. The molecule has 26 heavy (non-hydrogen) atoms. The number of amides is 2. The van der Waals surface area contributed by atoms with Crippen molar-refractivity contribution in [1.29, 1.82) is 0 Å². The summed E-state index contributed by atoms with van der Waals surface area (Å²) in [5.41, 5.74) is 1.43. The van der Waals surface area contributed by atoms with Gasteiger partial charge in [0.05, 0.1) is 13.0 Å². The summed E-state index contributed by atoms with van der Waals surface area (Å²) in [5, 5.41) is 5.53. The molecule has 0 saturated carbocycles. The zero-order chi connectivity index (χ0) is 18.4. The molecule has 2 amide bonds. The van der Waals surface area contributed by atoms with E-state index >= 15 is 0 Å². The second-order valence-electron chi connectivity index (χ2n) is 5.87. The highest BCUT2D eigenvalue weighted by molar-refractivity contribution is 5.98. The van der Waals surface area contributed by atoms with Crippen molar-refractivity contribution < 1.29 is 19.1 Å². The van der Waals surface area contributed by atoms with Crippen LogP contribution in [0.4, 0.5) is 5.69 Å². The molecule has 0 aromatic heterocycles. The lowest BCUT2D eigenvalue weighted by Gasteiger charge is -2.26. The maximum atomic E-state index is 12.2. The Bertz CT molecular complexity index is 819. The Hall–Kier alpha value is -3.28. The third-order valence-corrected chi connectivity index (χ3v) is 3.84. The number of carbonyl (C=O) groups is 2. The van der Waals surface area contributed by atoms with E-state index in [2.05, 4.69) is 17.2 Å². The van der Waals surface area contributed by atoms with Gasteiger partial charge in [-0.3, -0.25) is 9.59 Å². The fourth-order valence-electron chi connectivity index (χ4n) is 2.59.